The van der Waals surface area contributed by atoms with Crippen molar-refractivity contribution >= 4 is 46.0 Å². The molecule has 28 heavy (non-hydrogen) atoms. The van der Waals surface area contributed by atoms with E-state index in [0.717, 1.165) is 27.9 Å². The Morgan fingerprint density at radius 1 is 1.18 bits per heavy atom. The van der Waals surface area contributed by atoms with Crippen LogP contribution in [0.3, 0.4) is 0 Å². The molecule has 0 saturated heterocycles. The molecule has 6 nitrogen and oxygen atoms in total. The minimum Gasteiger partial charge on any atom is -0.322 e. The second-order valence-corrected chi connectivity index (χ2v) is 7.65. The van der Waals surface area contributed by atoms with E-state index in [2.05, 4.69) is 20.4 Å². The van der Waals surface area contributed by atoms with E-state index >= 15 is 0 Å². The van der Waals surface area contributed by atoms with Crippen molar-refractivity contribution in [2.75, 3.05) is 5.32 Å². The van der Waals surface area contributed by atoms with Crippen LogP contribution in [0.1, 0.15) is 29.2 Å². The summed E-state index contributed by atoms with van der Waals surface area (Å²) in [5, 5.41) is 8.70. The predicted molar refractivity (Wildman–Crippen MR) is 110 cm³/mol. The Labute approximate surface area is 170 Å². The molecule has 2 aromatic carbocycles. The van der Waals surface area contributed by atoms with Crippen LogP contribution in [0.5, 0.6) is 0 Å². The maximum atomic E-state index is 12.5. The molecule has 2 N–H and O–H groups in total. The van der Waals surface area contributed by atoms with Crippen LogP contribution in [0, 0.1) is 6.92 Å². The number of nitrogens with one attached hydrogen (secondary N) is 2. The largest absolute Gasteiger partial charge is 0.322 e. The molecule has 0 unspecified atom stereocenters. The monoisotopic (exact) mass is 411 g/mol. The number of carbonyl (C=O) groups excluding carboxylic acids is 1. The quantitative estimate of drug-likeness (QED) is 0.495. The fraction of sp³-hybridized carbons (Fsp3) is 0.150. The lowest BCUT2D eigenvalue weighted by Gasteiger charge is -2.24. The Balaban J connectivity index is 1.69. The molecule has 2 aromatic heterocycles. The number of hydrogen-bond acceptors (Lipinski definition) is 3. The third-order valence-electron chi connectivity index (χ3n) is 5.02. The van der Waals surface area contributed by atoms with Gasteiger partial charge in [0.25, 0.3) is 0 Å². The van der Waals surface area contributed by atoms with Crippen LogP contribution in [-0.4, -0.2) is 25.7 Å². The molecule has 0 saturated carbocycles. The number of amides is 1. The van der Waals surface area contributed by atoms with Gasteiger partial charge in [-0.3, -0.25) is 4.79 Å². The van der Waals surface area contributed by atoms with E-state index in [1.165, 1.54) is 0 Å². The van der Waals surface area contributed by atoms with Crippen molar-refractivity contribution in [3.05, 3.63) is 69.3 Å². The standard InChI is InChI=1S/C20H15Cl2N5O/c1-10-18-13(12-7-6-11(21)8-14(12)22)9-17(28)25-19(18)27(26-10)20-23-15-4-2-3-5-16(15)24-20/h2-8,13H,9H2,1H3,(H,23,24)(H,25,28)/t13-/m0/s1. The molecule has 1 amide bonds. The van der Waals surface area contributed by atoms with Gasteiger partial charge >= 0.3 is 0 Å². The van der Waals surface area contributed by atoms with Crippen LogP contribution >= 0.6 is 23.2 Å². The number of fused-ring (bicyclic) bond motifs is 2. The molecule has 1 aliphatic heterocycles. The average Bonchev–Trinajstić information content (AvgIpc) is 3.22. The van der Waals surface area contributed by atoms with E-state index in [-0.39, 0.29) is 11.8 Å². The van der Waals surface area contributed by atoms with Gasteiger partial charge in [-0.2, -0.15) is 9.78 Å². The smallest absolute Gasteiger partial charge is 0.231 e. The first-order valence-corrected chi connectivity index (χ1v) is 9.56. The van der Waals surface area contributed by atoms with Gasteiger partial charge < -0.3 is 10.3 Å². The lowest BCUT2D eigenvalue weighted by molar-refractivity contribution is -0.116. The number of imidazole rings is 1. The molecular formula is C20H15Cl2N5O. The van der Waals surface area contributed by atoms with Crippen LogP contribution in [0.2, 0.25) is 10.0 Å². The van der Waals surface area contributed by atoms with Gasteiger partial charge in [0.1, 0.15) is 5.82 Å². The SMILES string of the molecule is Cc1nn(-c2nc3ccccc3[nH]2)c2c1[C@H](c1ccc(Cl)cc1Cl)CC(=O)N2. The van der Waals surface area contributed by atoms with E-state index in [1.54, 1.807) is 16.8 Å². The number of carbonyl (C=O) groups is 1. The second-order valence-electron chi connectivity index (χ2n) is 6.81. The highest BCUT2D eigenvalue weighted by atomic mass is 35.5. The fourth-order valence-corrected chi connectivity index (χ4v) is 4.33. The molecule has 5 rings (SSSR count). The Hall–Kier alpha value is -2.83. The molecule has 1 aliphatic rings. The third kappa shape index (κ3) is 2.68. The number of benzene rings is 2. The number of para-hydroxylation sites is 2. The van der Waals surface area contributed by atoms with Gasteiger partial charge in [0.15, 0.2) is 0 Å². The number of hydrogen-bond donors (Lipinski definition) is 2. The first kappa shape index (κ1) is 17.3. The molecule has 0 bridgehead atoms. The van der Waals surface area contributed by atoms with Crippen LogP contribution in [0.4, 0.5) is 5.82 Å². The van der Waals surface area contributed by atoms with E-state index < -0.39 is 0 Å². The Bertz CT molecular complexity index is 1210. The molecule has 0 aliphatic carbocycles. The van der Waals surface area contributed by atoms with Crippen LogP contribution < -0.4 is 5.32 Å². The predicted octanol–water partition coefficient (Wildman–Crippen LogP) is 4.84. The molecule has 0 fully saturated rings. The number of rotatable bonds is 2. The van der Waals surface area contributed by atoms with Gasteiger partial charge in [0, 0.05) is 27.9 Å². The highest BCUT2D eigenvalue weighted by Crippen LogP contribution is 2.42. The summed E-state index contributed by atoms with van der Waals surface area (Å²) in [4.78, 5) is 20.4. The molecule has 1 atom stereocenters. The van der Waals surface area contributed by atoms with Crippen LogP contribution in [0.15, 0.2) is 42.5 Å². The summed E-state index contributed by atoms with van der Waals surface area (Å²) >= 11 is 12.5. The van der Waals surface area contributed by atoms with Gasteiger partial charge in [0.05, 0.1) is 16.7 Å². The molecule has 140 valence electrons. The van der Waals surface area contributed by atoms with Gasteiger partial charge in [0.2, 0.25) is 11.9 Å². The summed E-state index contributed by atoms with van der Waals surface area (Å²) in [6, 6.07) is 13.1. The highest BCUT2D eigenvalue weighted by molar-refractivity contribution is 6.35. The number of anilines is 1. The Kier molecular flexibility index (Phi) is 3.92. The maximum Gasteiger partial charge on any atom is 0.231 e. The van der Waals surface area contributed by atoms with Crippen molar-refractivity contribution in [2.45, 2.75) is 19.3 Å². The van der Waals surface area contributed by atoms with E-state index in [4.69, 9.17) is 23.2 Å². The Morgan fingerprint density at radius 3 is 2.79 bits per heavy atom. The summed E-state index contributed by atoms with van der Waals surface area (Å²) in [5.74, 6) is 0.866. The van der Waals surface area contributed by atoms with Crippen molar-refractivity contribution in [2.24, 2.45) is 0 Å². The molecular weight excluding hydrogens is 397 g/mol. The number of H-pyrrole nitrogens is 1. The Morgan fingerprint density at radius 2 is 2.00 bits per heavy atom. The second kappa shape index (κ2) is 6.36. The zero-order chi connectivity index (χ0) is 19.4. The summed E-state index contributed by atoms with van der Waals surface area (Å²) in [6.07, 6.45) is 0.293. The van der Waals surface area contributed by atoms with Gasteiger partial charge in [-0.05, 0) is 36.8 Å². The topological polar surface area (TPSA) is 75.6 Å². The fourth-order valence-electron chi connectivity index (χ4n) is 3.79. The van der Waals surface area contributed by atoms with Crippen molar-refractivity contribution in [3.8, 4) is 5.95 Å². The normalized spacial score (nSPS) is 16.2. The molecule has 8 heteroatoms. The zero-order valence-corrected chi connectivity index (χ0v) is 16.3. The highest BCUT2D eigenvalue weighted by Gasteiger charge is 2.34. The van der Waals surface area contributed by atoms with Crippen molar-refractivity contribution < 1.29 is 4.79 Å². The van der Waals surface area contributed by atoms with Gasteiger partial charge in [-0.15, -0.1) is 0 Å². The van der Waals surface area contributed by atoms with Crippen LogP contribution in [0.25, 0.3) is 17.0 Å². The number of aromatic nitrogens is 4. The van der Waals surface area contributed by atoms with Crippen molar-refractivity contribution in [1.29, 1.82) is 0 Å². The molecule has 0 spiro atoms. The van der Waals surface area contributed by atoms with Gasteiger partial charge in [-0.1, -0.05) is 41.4 Å². The first-order chi connectivity index (χ1) is 13.5. The van der Waals surface area contributed by atoms with E-state index in [0.29, 0.717) is 28.2 Å². The third-order valence-corrected chi connectivity index (χ3v) is 5.58. The average molecular weight is 412 g/mol. The number of halogens is 2. The van der Waals surface area contributed by atoms with E-state index in [1.807, 2.05) is 37.3 Å². The maximum absolute atomic E-state index is 12.5. The first-order valence-electron chi connectivity index (χ1n) is 8.80. The zero-order valence-electron chi connectivity index (χ0n) is 14.8. The molecule has 0 radical (unpaired) electrons. The van der Waals surface area contributed by atoms with Gasteiger partial charge in [-0.25, -0.2) is 4.98 Å². The number of aromatic amines is 1. The summed E-state index contributed by atoms with van der Waals surface area (Å²) < 4.78 is 1.65. The number of nitrogens with zero attached hydrogens (tertiary/aromatic N) is 3. The summed E-state index contributed by atoms with van der Waals surface area (Å²) in [6.45, 7) is 1.92. The lowest BCUT2D eigenvalue weighted by Crippen LogP contribution is -2.25. The van der Waals surface area contributed by atoms with Crippen molar-refractivity contribution in [1.82, 2.24) is 19.7 Å². The van der Waals surface area contributed by atoms with Crippen molar-refractivity contribution in [3.63, 3.8) is 0 Å². The van der Waals surface area contributed by atoms with E-state index in [9.17, 15) is 4.79 Å². The summed E-state index contributed by atoms with van der Waals surface area (Å²) in [5.41, 5.74) is 4.34. The molecule has 4 aromatic rings. The van der Waals surface area contributed by atoms with Crippen LogP contribution in [-0.2, 0) is 4.79 Å². The molecule has 3 heterocycles. The lowest BCUT2D eigenvalue weighted by atomic mass is 9.86. The minimum atomic E-state index is -0.202. The summed E-state index contributed by atoms with van der Waals surface area (Å²) in [7, 11) is 0. The number of aryl methyl sites for hydroxylation is 1. The minimum absolute atomic E-state index is 0.0965.